The van der Waals surface area contributed by atoms with Crippen molar-refractivity contribution in [1.29, 1.82) is 0 Å². The van der Waals surface area contributed by atoms with Crippen LogP contribution >= 0.6 is 0 Å². The summed E-state index contributed by atoms with van der Waals surface area (Å²) in [7, 11) is 0. The third-order valence-corrected chi connectivity index (χ3v) is 2.92. The zero-order valence-electron chi connectivity index (χ0n) is 10.7. The van der Waals surface area contributed by atoms with E-state index in [4.69, 9.17) is 4.74 Å². The van der Waals surface area contributed by atoms with Crippen molar-refractivity contribution in [2.24, 2.45) is 0 Å². The van der Waals surface area contributed by atoms with Gasteiger partial charge in [0.25, 0.3) is 0 Å². The van der Waals surface area contributed by atoms with Crippen molar-refractivity contribution >= 4 is 11.6 Å². The summed E-state index contributed by atoms with van der Waals surface area (Å²) in [6.07, 6.45) is -3.99. The highest BCUT2D eigenvalue weighted by atomic mass is 19.4. The van der Waals surface area contributed by atoms with Gasteiger partial charge in [0.2, 0.25) is 5.91 Å². The number of para-hydroxylation sites is 1. The largest absolute Gasteiger partial charge is 0.405 e. The first-order valence-corrected chi connectivity index (χ1v) is 6.21. The minimum Gasteiger partial charge on any atom is -0.382 e. The molecule has 1 amide bonds. The molecular weight excluding hydrogens is 273 g/mol. The van der Waals surface area contributed by atoms with Gasteiger partial charge in [-0.25, -0.2) is 0 Å². The van der Waals surface area contributed by atoms with Crippen LogP contribution in [0.15, 0.2) is 24.3 Å². The number of benzene rings is 1. The number of alkyl halides is 3. The van der Waals surface area contributed by atoms with Gasteiger partial charge >= 0.3 is 6.18 Å². The maximum atomic E-state index is 11.9. The molecule has 1 aromatic rings. The van der Waals surface area contributed by atoms with E-state index in [1.165, 1.54) is 0 Å². The highest BCUT2D eigenvalue weighted by Crippen LogP contribution is 2.22. The summed E-state index contributed by atoms with van der Waals surface area (Å²) in [5, 5.41) is 4.93. The third-order valence-electron chi connectivity index (χ3n) is 2.92. The number of rotatable bonds is 4. The average molecular weight is 288 g/mol. The molecule has 1 aliphatic heterocycles. The Hall–Kier alpha value is -1.76. The van der Waals surface area contributed by atoms with Crippen LogP contribution in [-0.4, -0.2) is 37.9 Å². The summed E-state index contributed by atoms with van der Waals surface area (Å²) in [6.45, 7) is -1.17. The summed E-state index contributed by atoms with van der Waals surface area (Å²) in [5.41, 5.74) is 2.09. The monoisotopic (exact) mass is 288 g/mol. The van der Waals surface area contributed by atoms with Crippen LogP contribution in [0.3, 0.4) is 0 Å². The summed E-state index contributed by atoms with van der Waals surface area (Å²) < 4.78 is 41.1. The Balaban J connectivity index is 1.75. The van der Waals surface area contributed by atoms with Gasteiger partial charge in [0.15, 0.2) is 0 Å². The first kappa shape index (κ1) is 14.6. The first-order valence-electron chi connectivity index (χ1n) is 6.21. The van der Waals surface area contributed by atoms with Gasteiger partial charge in [0.1, 0.15) is 13.2 Å². The molecule has 0 saturated carbocycles. The number of hydrogen-bond donors (Lipinski definition) is 2. The van der Waals surface area contributed by atoms with E-state index >= 15 is 0 Å². The van der Waals surface area contributed by atoms with E-state index in [2.05, 4.69) is 5.32 Å². The SMILES string of the molecule is O=C(COC1CNc2ccccc2C1)NCC(F)(F)F. The maximum Gasteiger partial charge on any atom is 0.405 e. The zero-order valence-corrected chi connectivity index (χ0v) is 10.7. The number of carbonyl (C=O) groups is 1. The number of fused-ring (bicyclic) bond motifs is 1. The van der Waals surface area contributed by atoms with Gasteiger partial charge < -0.3 is 15.4 Å². The van der Waals surface area contributed by atoms with Crippen LogP contribution in [0.1, 0.15) is 5.56 Å². The molecule has 4 nitrogen and oxygen atoms in total. The predicted octanol–water partition coefficient (Wildman–Crippen LogP) is 1.72. The van der Waals surface area contributed by atoms with E-state index in [9.17, 15) is 18.0 Å². The Morgan fingerprint density at radius 2 is 2.15 bits per heavy atom. The molecule has 1 aliphatic rings. The summed E-state index contributed by atoms with van der Waals surface area (Å²) >= 11 is 0. The quantitative estimate of drug-likeness (QED) is 0.887. The molecule has 0 saturated heterocycles. The molecule has 20 heavy (non-hydrogen) atoms. The summed E-state index contributed by atoms with van der Waals surface area (Å²) in [5.74, 6) is -0.763. The van der Waals surface area contributed by atoms with E-state index in [0.717, 1.165) is 11.3 Å². The summed E-state index contributed by atoms with van der Waals surface area (Å²) in [4.78, 5) is 11.2. The van der Waals surface area contributed by atoms with Gasteiger partial charge in [-0.15, -0.1) is 0 Å². The van der Waals surface area contributed by atoms with Crippen molar-refractivity contribution in [2.45, 2.75) is 18.7 Å². The maximum absolute atomic E-state index is 11.9. The standard InChI is InChI=1S/C13H15F3N2O2/c14-13(15,16)8-18-12(19)7-20-10-5-9-3-1-2-4-11(9)17-6-10/h1-4,10,17H,5-8H2,(H,18,19). The van der Waals surface area contributed by atoms with Gasteiger partial charge in [0.05, 0.1) is 6.10 Å². The van der Waals surface area contributed by atoms with Crippen LogP contribution in [0.25, 0.3) is 0 Å². The lowest BCUT2D eigenvalue weighted by Crippen LogP contribution is -2.38. The van der Waals surface area contributed by atoms with Crippen LogP contribution in [0.4, 0.5) is 18.9 Å². The van der Waals surface area contributed by atoms with Crippen molar-refractivity contribution in [1.82, 2.24) is 5.32 Å². The van der Waals surface area contributed by atoms with Gasteiger partial charge in [-0.1, -0.05) is 18.2 Å². The molecule has 1 heterocycles. The molecular formula is C13H15F3N2O2. The molecule has 2 rings (SSSR count). The average Bonchev–Trinajstić information content (AvgIpc) is 2.42. The third kappa shape index (κ3) is 4.41. The van der Waals surface area contributed by atoms with Crippen molar-refractivity contribution in [3.05, 3.63) is 29.8 Å². The lowest BCUT2D eigenvalue weighted by Gasteiger charge is -2.26. The second-order valence-corrected chi connectivity index (χ2v) is 4.57. The van der Waals surface area contributed by atoms with E-state index in [1.807, 2.05) is 24.3 Å². The van der Waals surface area contributed by atoms with Crippen LogP contribution in [0.5, 0.6) is 0 Å². The number of halogens is 3. The van der Waals surface area contributed by atoms with Gasteiger partial charge in [-0.05, 0) is 11.6 Å². The number of nitrogens with one attached hydrogen (secondary N) is 2. The fourth-order valence-electron chi connectivity index (χ4n) is 1.97. The molecule has 2 N–H and O–H groups in total. The van der Waals surface area contributed by atoms with Crippen LogP contribution in [0, 0.1) is 0 Å². The second-order valence-electron chi connectivity index (χ2n) is 4.57. The minimum absolute atomic E-state index is 0.221. The van der Waals surface area contributed by atoms with Crippen molar-refractivity contribution in [2.75, 3.05) is 25.0 Å². The zero-order chi connectivity index (χ0) is 14.6. The van der Waals surface area contributed by atoms with Gasteiger partial charge in [-0.3, -0.25) is 4.79 Å². The molecule has 0 fully saturated rings. The Kier molecular flexibility index (Phi) is 4.49. The second kappa shape index (κ2) is 6.13. The lowest BCUT2D eigenvalue weighted by molar-refractivity contribution is -0.142. The fraction of sp³-hybridized carbons (Fsp3) is 0.462. The molecule has 110 valence electrons. The normalized spacial score (nSPS) is 18.1. The molecule has 0 aliphatic carbocycles. The number of hydrogen-bond acceptors (Lipinski definition) is 3. The smallest absolute Gasteiger partial charge is 0.382 e. The van der Waals surface area contributed by atoms with E-state index in [-0.39, 0.29) is 12.7 Å². The number of ether oxygens (including phenoxy) is 1. The Morgan fingerprint density at radius 3 is 2.90 bits per heavy atom. The molecule has 7 heteroatoms. The predicted molar refractivity (Wildman–Crippen MR) is 67.4 cm³/mol. The molecule has 1 aromatic carbocycles. The summed E-state index contributed by atoms with van der Waals surface area (Å²) in [6, 6.07) is 7.71. The highest BCUT2D eigenvalue weighted by molar-refractivity contribution is 5.77. The first-order chi connectivity index (χ1) is 9.44. The molecule has 0 bridgehead atoms. The fourth-order valence-corrected chi connectivity index (χ4v) is 1.97. The topological polar surface area (TPSA) is 50.4 Å². The Labute approximate surface area is 114 Å². The van der Waals surface area contributed by atoms with Gasteiger partial charge in [-0.2, -0.15) is 13.2 Å². The van der Waals surface area contributed by atoms with Crippen LogP contribution in [0.2, 0.25) is 0 Å². The van der Waals surface area contributed by atoms with Gasteiger partial charge in [0, 0.05) is 18.7 Å². The van der Waals surface area contributed by atoms with E-state index in [0.29, 0.717) is 13.0 Å². The van der Waals surface area contributed by atoms with Crippen molar-refractivity contribution < 1.29 is 22.7 Å². The van der Waals surface area contributed by atoms with Crippen molar-refractivity contribution in [3.8, 4) is 0 Å². The number of amides is 1. The Morgan fingerprint density at radius 1 is 1.40 bits per heavy atom. The molecule has 0 aromatic heterocycles. The minimum atomic E-state index is -4.40. The molecule has 1 unspecified atom stereocenters. The molecule has 1 atom stereocenters. The van der Waals surface area contributed by atoms with Crippen LogP contribution in [-0.2, 0) is 16.0 Å². The number of anilines is 1. The molecule has 0 radical (unpaired) electrons. The van der Waals surface area contributed by atoms with E-state index < -0.39 is 18.6 Å². The van der Waals surface area contributed by atoms with Crippen molar-refractivity contribution in [3.63, 3.8) is 0 Å². The molecule has 0 spiro atoms. The highest BCUT2D eigenvalue weighted by Gasteiger charge is 2.28. The Bertz CT molecular complexity index is 477. The van der Waals surface area contributed by atoms with E-state index in [1.54, 1.807) is 5.32 Å². The number of carbonyl (C=O) groups excluding carboxylic acids is 1. The lowest BCUT2D eigenvalue weighted by atomic mass is 10.0. The van der Waals surface area contributed by atoms with Crippen LogP contribution < -0.4 is 10.6 Å².